The SMILES string of the molecule is COc1ccccc1C1Nc2ccc(C(=O)O)cc2C2c3ccccc3CC12. The van der Waals surface area contributed by atoms with E-state index in [1.165, 1.54) is 11.1 Å². The molecule has 1 heterocycles. The van der Waals surface area contributed by atoms with Gasteiger partial charge < -0.3 is 15.2 Å². The van der Waals surface area contributed by atoms with Crippen LogP contribution in [0.25, 0.3) is 0 Å². The van der Waals surface area contributed by atoms with Crippen molar-refractivity contribution in [3.05, 3.63) is 94.5 Å². The van der Waals surface area contributed by atoms with Gasteiger partial charge in [-0.05, 0) is 53.3 Å². The number of carboxylic acid groups (broad SMARTS) is 1. The highest BCUT2D eigenvalue weighted by Crippen LogP contribution is 2.54. The highest BCUT2D eigenvalue weighted by Gasteiger charge is 2.44. The molecule has 3 aromatic carbocycles. The molecule has 0 fully saturated rings. The van der Waals surface area contributed by atoms with Crippen LogP contribution in [-0.4, -0.2) is 18.2 Å². The number of carbonyl (C=O) groups is 1. The first-order chi connectivity index (χ1) is 13.7. The summed E-state index contributed by atoms with van der Waals surface area (Å²) in [4.78, 5) is 11.6. The smallest absolute Gasteiger partial charge is 0.335 e. The van der Waals surface area contributed by atoms with Crippen molar-refractivity contribution in [3.63, 3.8) is 0 Å². The third kappa shape index (κ3) is 2.48. The van der Waals surface area contributed by atoms with Crippen molar-refractivity contribution in [2.75, 3.05) is 12.4 Å². The molecule has 0 spiro atoms. The second-order valence-electron chi connectivity index (χ2n) is 7.52. The van der Waals surface area contributed by atoms with Crippen LogP contribution in [-0.2, 0) is 6.42 Å². The largest absolute Gasteiger partial charge is 0.496 e. The lowest BCUT2D eigenvalue weighted by Crippen LogP contribution is -2.30. The quantitative estimate of drug-likeness (QED) is 0.690. The van der Waals surface area contributed by atoms with Crippen molar-refractivity contribution in [3.8, 4) is 5.75 Å². The van der Waals surface area contributed by atoms with Gasteiger partial charge in [-0.1, -0.05) is 42.5 Å². The van der Waals surface area contributed by atoms with Crippen LogP contribution >= 0.6 is 0 Å². The molecule has 4 nitrogen and oxygen atoms in total. The Hall–Kier alpha value is -3.27. The van der Waals surface area contributed by atoms with Crippen LogP contribution in [0.3, 0.4) is 0 Å². The van der Waals surface area contributed by atoms with E-state index in [0.29, 0.717) is 11.5 Å². The predicted octanol–water partition coefficient (Wildman–Crippen LogP) is 4.86. The van der Waals surface area contributed by atoms with Gasteiger partial charge in [-0.3, -0.25) is 0 Å². The number of aromatic carboxylic acids is 1. The Morgan fingerprint density at radius 1 is 1.00 bits per heavy atom. The van der Waals surface area contributed by atoms with Crippen molar-refractivity contribution in [2.24, 2.45) is 5.92 Å². The normalized spacial score (nSPS) is 21.8. The number of benzene rings is 3. The van der Waals surface area contributed by atoms with Crippen LogP contribution in [0.2, 0.25) is 0 Å². The molecular formula is C24H21NO3. The summed E-state index contributed by atoms with van der Waals surface area (Å²) in [6.07, 6.45) is 0.952. The lowest BCUT2D eigenvalue weighted by Gasteiger charge is -2.38. The Morgan fingerprint density at radius 2 is 1.75 bits per heavy atom. The molecule has 2 aliphatic rings. The van der Waals surface area contributed by atoms with Crippen LogP contribution in [0, 0.1) is 5.92 Å². The molecule has 0 saturated carbocycles. The molecule has 1 aliphatic heterocycles. The minimum absolute atomic E-state index is 0.0942. The van der Waals surface area contributed by atoms with E-state index in [9.17, 15) is 9.90 Å². The number of methoxy groups -OCH3 is 1. The van der Waals surface area contributed by atoms with Gasteiger partial charge in [-0.2, -0.15) is 0 Å². The summed E-state index contributed by atoms with van der Waals surface area (Å²) >= 11 is 0. The van der Waals surface area contributed by atoms with Gasteiger partial charge in [0.15, 0.2) is 0 Å². The molecule has 0 radical (unpaired) electrons. The maximum Gasteiger partial charge on any atom is 0.335 e. The average Bonchev–Trinajstić information content (AvgIpc) is 3.12. The molecule has 140 valence electrons. The fraction of sp³-hybridized carbons (Fsp3) is 0.208. The van der Waals surface area contributed by atoms with E-state index >= 15 is 0 Å². The van der Waals surface area contributed by atoms with E-state index in [1.54, 1.807) is 13.2 Å². The minimum atomic E-state index is -0.891. The van der Waals surface area contributed by atoms with Crippen molar-refractivity contribution >= 4 is 11.7 Å². The van der Waals surface area contributed by atoms with Crippen LogP contribution < -0.4 is 10.1 Å². The first-order valence-electron chi connectivity index (χ1n) is 9.52. The van der Waals surface area contributed by atoms with Crippen molar-refractivity contribution in [1.29, 1.82) is 0 Å². The van der Waals surface area contributed by atoms with Crippen LogP contribution in [0.4, 0.5) is 5.69 Å². The molecule has 0 amide bonds. The molecular weight excluding hydrogens is 350 g/mol. The molecule has 2 N–H and O–H groups in total. The van der Waals surface area contributed by atoms with Gasteiger partial charge in [0.2, 0.25) is 0 Å². The molecule has 0 saturated heterocycles. The van der Waals surface area contributed by atoms with Gasteiger partial charge in [-0.15, -0.1) is 0 Å². The molecule has 28 heavy (non-hydrogen) atoms. The van der Waals surface area contributed by atoms with E-state index in [1.807, 2.05) is 30.3 Å². The number of anilines is 1. The summed E-state index contributed by atoms with van der Waals surface area (Å²) in [6, 6.07) is 22.2. The molecule has 3 unspecified atom stereocenters. The summed E-state index contributed by atoms with van der Waals surface area (Å²) in [5, 5.41) is 13.2. The zero-order valence-electron chi connectivity index (χ0n) is 15.6. The van der Waals surface area contributed by atoms with E-state index in [-0.39, 0.29) is 12.0 Å². The number of nitrogens with one attached hydrogen (secondary N) is 1. The molecule has 1 aliphatic carbocycles. The molecule has 0 aromatic heterocycles. The van der Waals surface area contributed by atoms with E-state index in [2.05, 4.69) is 35.6 Å². The van der Waals surface area contributed by atoms with Crippen molar-refractivity contribution < 1.29 is 14.6 Å². The maximum atomic E-state index is 11.6. The average molecular weight is 371 g/mol. The topological polar surface area (TPSA) is 58.6 Å². The monoisotopic (exact) mass is 371 g/mol. The first-order valence-corrected chi connectivity index (χ1v) is 9.52. The fourth-order valence-electron chi connectivity index (χ4n) is 4.93. The Labute approximate surface area is 163 Å². The van der Waals surface area contributed by atoms with Crippen molar-refractivity contribution in [2.45, 2.75) is 18.4 Å². The molecule has 0 bridgehead atoms. The van der Waals surface area contributed by atoms with Gasteiger partial charge in [0.05, 0.1) is 18.7 Å². The molecule has 3 atom stereocenters. The third-order valence-electron chi connectivity index (χ3n) is 6.12. The Bertz CT molecular complexity index is 1070. The number of fused-ring (bicyclic) bond motifs is 5. The maximum absolute atomic E-state index is 11.6. The molecule has 5 rings (SSSR count). The second-order valence-corrected chi connectivity index (χ2v) is 7.52. The third-order valence-corrected chi connectivity index (χ3v) is 6.12. The van der Waals surface area contributed by atoms with E-state index < -0.39 is 5.97 Å². The number of para-hydroxylation sites is 1. The standard InChI is InChI=1S/C24H21NO3/c1-28-21-9-5-4-8-17(21)23-19-12-14-6-2-3-7-16(14)22(19)18-13-15(24(26)27)10-11-20(18)25-23/h2-11,13,19,22-23,25H,12H2,1H3,(H,26,27). The first kappa shape index (κ1) is 16.9. The van der Waals surface area contributed by atoms with Gasteiger partial charge >= 0.3 is 5.97 Å². The van der Waals surface area contributed by atoms with E-state index in [4.69, 9.17) is 4.74 Å². The number of hydrogen-bond donors (Lipinski definition) is 2. The zero-order valence-corrected chi connectivity index (χ0v) is 15.6. The Kier molecular flexibility index (Phi) is 3.86. The highest BCUT2D eigenvalue weighted by molar-refractivity contribution is 5.89. The van der Waals surface area contributed by atoms with Gasteiger partial charge in [0, 0.05) is 17.2 Å². The number of carboxylic acids is 1. The Morgan fingerprint density at radius 3 is 2.54 bits per heavy atom. The second kappa shape index (κ2) is 6.41. The highest BCUT2D eigenvalue weighted by atomic mass is 16.5. The van der Waals surface area contributed by atoms with E-state index in [0.717, 1.165) is 29.0 Å². The lowest BCUT2D eigenvalue weighted by atomic mass is 9.75. The van der Waals surface area contributed by atoms with Gasteiger partial charge in [0.25, 0.3) is 0 Å². The number of hydrogen-bond acceptors (Lipinski definition) is 3. The molecule has 4 heteroatoms. The zero-order chi connectivity index (χ0) is 19.3. The summed E-state index contributed by atoms with van der Waals surface area (Å²) < 4.78 is 5.64. The minimum Gasteiger partial charge on any atom is -0.496 e. The summed E-state index contributed by atoms with van der Waals surface area (Å²) in [5.41, 5.74) is 6.19. The number of rotatable bonds is 3. The lowest BCUT2D eigenvalue weighted by molar-refractivity contribution is 0.0696. The predicted molar refractivity (Wildman–Crippen MR) is 108 cm³/mol. The van der Waals surface area contributed by atoms with Crippen LogP contribution in [0.15, 0.2) is 66.7 Å². The summed E-state index contributed by atoms with van der Waals surface area (Å²) in [6.45, 7) is 0. The van der Waals surface area contributed by atoms with Crippen molar-refractivity contribution in [1.82, 2.24) is 0 Å². The van der Waals surface area contributed by atoms with Crippen LogP contribution in [0.1, 0.15) is 44.6 Å². The van der Waals surface area contributed by atoms with Crippen LogP contribution in [0.5, 0.6) is 5.75 Å². The Balaban J connectivity index is 1.70. The molecule has 3 aromatic rings. The van der Waals surface area contributed by atoms with Gasteiger partial charge in [-0.25, -0.2) is 4.79 Å². The summed E-state index contributed by atoms with van der Waals surface area (Å²) in [5.74, 6) is 0.449. The van der Waals surface area contributed by atoms with Gasteiger partial charge in [0.1, 0.15) is 5.75 Å². The summed E-state index contributed by atoms with van der Waals surface area (Å²) in [7, 11) is 1.70. The fourth-order valence-corrected chi connectivity index (χ4v) is 4.93. The number of ether oxygens (including phenoxy) is 1.